The zero-order chi connectivity index (χ0) is 22.4. The molecule has 0 bridgehead atoms. The van der Waals surface area contributed by atoms with Gasteiger partial charge in [0.1, 0.15) is 0 Å². The van der Waals surface area contributed by atoms with Gasteiger partial charge in [-0.05, 0) is 43.0 Å². The van der Waals surface area contributed by atoms with Gasteiger partial charge in [0.25, 0.3) is 0 Å². The highest BCUT2D eigenvalue weighted by Gasteiger charge is 2.55. The van der Waals surface area contributed by atoms with E-state index in [1.54, 1.807) is 0 Å². The molecule has 0 radical (unpaired) electrons. The number of rotatable bonds is 3. The molecule has 160 valence electrons. The molecule has 2 amide bonds. The summed E-state index contributed by atoms with van der Waals surface area (Å²) in [6.45, 7) is 6.01. The lowest BCUT2D eigenvalue weighted by atomic mass is 9.68. The zero-order valence-corrected chi connectivity index (χ0v) is 18.7. The van der Waals surface area contributed by atoms with Crippen LogP contribution in [-0.2, 0) is 9.59 Å². The van der Waals surface area contributed by atoms with E-state index in [1.807, 2.05) is 69.3 Å². The van der Waals surface area contributed by atoms with Crippen LogP contribution in [0.2, 0.25) is 0 Å². The number of carbonyl (C=O) groups excluding carboxylic acids is 2. The quantitative estimate of drug-likeness (QED) is 0.393. The maximum Gasteiger partial charge on any atom is 0.238 e. The number of nitrogens with zero attached hydrogens (tertiary/aromatic N) is 1. The Morgan fingerprint density at radius 1 is 0.625 bits per heavy atom. The number of hydrogen-bond acceptors (Lipinski definition) is 2. The van der Waals surface area contributed by atoms with Crippen LogP contribution in [0.4, 0.5) is 5.69 Å². The van der Waals surface area contributed by atoms with Crippen LogP contribution in [0.1, 0.15) is 39.7 Å². The van der Waals surface area contributed by atoms with Crippen LogP contribution < -0.4 is 4.90 Å². The second kappa shape index (κ2) is 7.90. The van der Waals surface area contributed by atoms with Gasteiger partial charge in [0, 0.05) is 11.8 Å². The van der Waals surface area contributed by atoms with Gasteiger partial charge in [-0.25, -0.2) is 4.90 Å². The molecular formula is C29H27NO2. The molecule has 3 aromatic carbocycles. The number of hydrogen-bond donors (Lipinski definition) is 0. The van der Waals surface area contributed by atoms with Crippen LogP contribution in [0.5, 0.6) is 0 Å². The molecule has 3 aromatic rings. The molecule has 2 aliphatic rings. The SMILES string of the molecule is Cc1cc(C)c(N2C(=O)[C@@H]3[C@H](C2=O)[C@@H](c2ccccc2)C=C[C@@H]3c2ccccc2)c(C)c1. The standard InChI is InChI=1S/C29H27NO2/c1-18-16-19(2)27(20(3)17-18)30-28(31)25-23(21-10-6-4-7-11-21)14-15-24(26(25)29(30)32)22-12-8-5-9-13-22/h4-17,23-26H,1-3H3/t23-,24-,25-,26+/m1/s1. The smallest absolute Gasteiger partial charge is 0.238 e. The summed E-state index contributed by atoms with van der Waals surface area (Å²) in [5, 5.41) is 0. The summed E-state index contributed by atoms with van der Waals surface area (Å²) in [6, 6.07) is 24.2. The Labute approximate surface area is 189 Å². The van der Waals surface area contributed by atoms with E-state index in [-0.39, 0.29) is 23.7 Å². The fourth-order valence-corrected chi connectivity index (χ4v) is 5.68. The van der Waals surface area contributed by atoms with Crippen molar-refractivity contribution in [3.8, 4) is 0 Å². The van der Waals surface area contributed by atoms with E-state index in [9.17, 15) is 9.59 Å². The van der Waals surface area contributed by atoms with Gasteiger partial charge in [-0.1, -0.05) is 90.5 Å². The van der Waals surface area contributed by atoms with Crippen molar-refractivity contribution < 1.29 is 9.59 Å². The zero-order valence-electron chi connectivity index (χ0n) is 18.7. The summed E-state index contributed by atoms with van der Waals surface area (Å²) in [7, 11) is 0. The minimum atomic E-state index is -0.416. The molecule has 0 aromatic heterocycles. The highest BCUT2D eigenvalue weighted by atomic mass is 16.2. The predicted molar refractivity (Wildman–Crippen MR) is 128 cm³/mol. The summed E-state index contributed by atoms with van der Waals surface area (Å²) in [5.41, 5.74) is 5.95. The number of fused-ring (bicyclic) bond motifs is 1. The van der Waals surface area contributed by atoms with E-state index in [0.29, 0.717) is 0 Å². The van der Waals surface area contributed by atoms with Crippen molar-refractivity contribution in [1.82, 2.24) is 0 Å². The van der Waals surface area contributed by atoms with E-state index in [0.717, 1.165) is 33.5 Å². The Kier molecular flexibility index (Phi) is 5.05. The Balaban J connectivity index is 1.67. The van der Waals surface area contributed by atoms with Crippen LogP contribution in [0, 0.1) is 32.6 Å². The van der Waals surface area contributed by atoms with Gasteiger partial charge in [0.2, 0.25) is 11.8 Å². The highest BCUT2D eigenvalue weighted by Crippen LogP contribution is 2.50. The lowest BCUT2D eigenvalue weighted by Gasteiger charge is -2.32. The highest BCUT2D eigenvalue weighted by molar-refractivity contribution is 6.23. The number of imide groups is 1. The summed E-state index contributed by atoms with van der Waals surface area (Å²) >= 11 is 0. The van der Waals surface area contributed by atoms with Gasteiger partial charge in [-0.15, -0.1) is 0 Å². The fourth-order valence-electron chi connectivity index (χ4n) is 5.68. The second-order valence-electron chi connectivity index (χ2n) is 9.07. The van der Waals surface area contributed by atoms with Crippen molar-refractivity contribution in [1.29, 1.82) is 0 Å². The Morgan fingerprint density at radius 2 is 1.03 bits per heavy atom. The first-order valence-corrected chi connectivity index (χ1v) is 11.2. The molecule has 0 unspecified atom stereocenters. The molecule has 5 rings (SSSR count). The molecule has 1 fully saturated rings. The molecule has 1 aliphatic carbocycles. The summed E-state index contributed by atoms with van der Waals surface area (Å²) in [6.07, 6.45) is 4.27. The van der Waals surface area contributed by atoms with E-state index in [2.05, 4.69) is 36.4 Å². The minimum absolute atomic E-state index is 0.0887. The Bertz CT molecular complexity index is 1120. The maximum atomic E-state index is 14.0. The first kappa shape index (κ1) is 20.4. The van der Waals surface area contributed by atoms with Crippen LogP contribution >= 0.6 is 0 Å². The van der Waals surface area contributed by atoms with Gasteiger partial charge in [-0.2, -0.15) is 0 Å². The molecule has 1 heterocycles. The summed E-state index contributed by atoms with van der Waals surface area (Å²) in [4.78, 5) is 29.4. The van der Waals surface area contributed by atoms with Crippen molar-refractivity contribution in [2.24, 2.45) is 11.8 Å². The van der Waals surface area contributed by atoms with Crippen LogP contribution in [0.15, 0.2) is 84.9 Å². The Hall–Kier alpha value is -3.46. The number of aryl methyl sites for hydroxylation is 3. The minimum Gasteiger partial charge on any atom is -0.274 e. The van der Waals surface area contributed by atoms with Crippen molar-refractivity contribution in [3.05, 3.63) is 113 Å². The van der Waals surface area contributed by atoms with E-state index in [1.165, 1.54) is 4.90 Å². The van der Waals surface area contributed by atoms with Gasteiger partial charge in [0.15, 0.2) is 0 Å². The Morgan fingerprint density at radius 3 is 1.44 bits per heavy atom. The lowest BCUT2D eigenvalue weighted by Crippen LogP contribution is -2.33. The molecule has 1 saturated heterocycles. The predicted octanol–water partition coefficient (Wildman–Crippen LogP) is 5.85. The molecule has 1 aliphatic heterocycles. The molecule has 0 spiro atoms. The van der Waals surface area contributed by atoms with E-state index in [4.69, 9.17) is 0 Å². The fraction of sp³-hybridized carbons (Fsp3) is 0.241. The normalized spacial score (nSPS) is 24.7. The van der Waals surface area contributed by atoms with Crippen molar-refractivity contribution >= 4 is 17.5 Å². The average Bonchev–Trinajstić information content (AvgIpc) is 3.05. The second-order valence-corrected chi connectivity index (χ2v) is 9.07. The van der Waals surface area contributed by atoms with E-state index < -0.39 is 11.8 Å². The van der Waals surface area contributed by atoms with Crippen molar-refractivity contribution in [3.63, 3.8) is 0 Å². The first-order valence-electron chi connectivity index (χ1n) is 11.2. The molecule has 3 heteroatoms. The molecule has 4 atom stereocenters. The number of carbonyl (C=O) groups is 2. The van der Waals surface area contributed by atoms with Gasteiger partial charge >= 0.3 is 0 Å². The summed E-state index contributed by atoms with van der Waals surface area (Å²) in [5.74, 6) is -1.24. The van der Waals surface area contributed by atoms with Gasteiger partial charge in [-0.3, -0.25) is 9.59 Å². The third-order valence-electron chi connectivity index (χ3n) is 6.93. The molecule has 3 nitrogen and oxygen atoms in total. The molecule has 0 saturated carbocycles. The van der Waals surface area contributed by atoms with Crippen LogP contribution in [0.25, 0.3) is 0 Å². The molecule has 32 heavy (non-hydrogen) atoms. The van der Waals surface area contributed by atoms with Crippen LogP contribution in [0.3, 0.4) is 0 Å². The van der Waals surface area contributed by atoms with Gasteiger partial charge in [0.05, 0.1) is 17.5 Å². The largest absolute Gasteiger partial charge is 0.274 e. The monoisotopic (exact) mass is 421 g/mol. The number of allylic oxidation sites excluding steroid dienone is 2. The summed E-state index contributed by atoms with van der Waals surface area (Å²) < 4.78 is 0. The maximum absolute atomic E-state index is 14.0. The van der Waals surface area contributed by atoms with Crippen LogP contribution in [-0.4, -0.2) is 11.8 Å². The van der Waals surface area contributed by atoms with E-state index >= 15 is 0 Å². The number of benzene rings is 3. The number of anilines is 1. The molecular weight excluding hydrogens is 394 g/mol. The third-order valence-corrected chi connectivity index (χ3v) is 6.93. The third kappa shape index (κ3) is 3.20. The lowest BCUT2D eigenvalue weighted by molar-refractivity contribution is -0.122. The van der Waals surface area contributed by atoms with Gasteiger partial charge < -0.3 is 0 Å². The van der Waals surface area contributed by atoms with Crippen molar-refractivity contribution in [2.45, 2.75) is 32.6 Å². The first-order chi connectivity index (χ1) is 15.5. The number of amides is 2. The molecule has 0 N–H and O–H groups in total. The average molecular weight is 422 g/mol. The van der Waals surface area contributed by atoms with Crippen molar-refractivity contribution in [2.75, 3.05) is 4.90 Å². The topological polar surface area (TPSA) is 37.4 Å².